The Bertz CT molecular complexity index is 3630. The summed E-state index contributed by atoms with van der Waals surface area (Å²) in [7, 11) is 0. The van der Waals surface area contributed by atoms with Gasteiger partial charge in [0.2, 0.25) is 0 Å². The van der Waals surface area contributed by atoms with E-state index in [2.05, 4.69) is 254 Å². The van der Waals surface area contributed by atoms with Crippen LogP contribution in [0.15, 0.2) is 253 Å². The number of benzene rings is 11. The molecule has 0 saturated heterocycles. The molecule has 2 nitrogen and oxygen atoms in total. The first-order chi connectivity index (χ1) is 31.7. The zero-order valence-corrected chi connectivity index (χ0v) is 35.0. The monoisotopic (exact) mass is 815 g/mol. The fourth-order valence-corrected chi connectivity index (χ4v) is 9.58. The summed E-state index contributed by atoms with van der Waals surface area (Å²) in [5, 5.41) is 6.96. The summed E-state index contributed by atoms with van der Waals surface area (Å²) >= 11 is 0. The predicted molar refractivity (Wildman–Crippen MR) is 271 cm³/mol. The van der Waals surface area contributed by atoms with Crippen molar-refractivity contribution >= 4 is 60.5 Å². The van der Waals surface area contributed by atoms with Crippen LogP contribution in [-0.2, 0) is 0 Å². The first-order valence-corrected chi connectivity index (χ1v) is 21.9. The van der Waals surface area contributed by atoms with E-state index in [0.717, 1.165) is 55.7 Å². The van der Waals surface area contributed by atoms with Gasteiger partial charge in [-0.1, -0.05) is 206 Å². The highest BCUT2D eigenvalue weighted by Gasteiger charge is 2.24. The van der Waals surface area contributed by atoms with Crippen molar-refractivity contribution in [1.82, 2.24) is 0 Å². The first kappa shape index (κ1) is 37.3. The molecule has 0 fully saturated rings. The van der Waals surface area contributed by atoms with Gasteiger partial charge in [-0.3, -0.25) is 0 Å². The zero-order chi connectivity index (χ0) is 42.4. The topological polar surface area (TPSA) is 16.4 Å². The third-order valence-corrected chi connectivity index (χ3v) is 12.7. The van der Waals surface area contributed by atoms with Crippen molar-refractivity contribution in [3.63, 3.8) is 0 Å². The van der Waals surface area contributed by atoms with Crippen LogP contribution in [0.3, 0.4) is 0 Å². The largest absolute Gasteiger partial charge is 0.455 e. The van der Waals surface area contributed by atoms with Crippen molar-refractivity contribution in [2.75, 3.05) is 4.90 Å². The van der Waals surface area contributed by atoms with E-state index in [1.807, 2.05) is 0 Å². The third kappa shape index (κ3) is 6.52. The highest BCUT2D eigenvalue weighted by Crippen LogP contribution is 2.49. The van der Waals surface area contributed by atoms with E-state index >= 15 is 0 Å². The van der Waals surface area contributed by atoms with Gasteiger partial charge < -0.3 is 9.32 Å². The summed E-state index contributed by atoms with van der Waals surface area (Å²) in [6.07, 6.45) is 0. The maximum Gasteiger partial charge on any atom is 0.145 e. The molecule has 0 aliphatic rings. The summed E-state index contributed by atoms with van der Waals surface area (Å²) in [4.78, 5) is 2.45. The molecule has 2 heteroatoms. The molecular weight excluding hydrogens is 775 g/mol. The molecule has 0 aliphatic heterocycles. The average molecular weight is 816 g/mol. The molecule has 0 N–H and O–H groups in total. The van der Waals surface area contributed by atoms with Gasteiger partial charge in [-0.25, -0.2) is 0 Å². The quantitative estimate of drug-likeness (QED) is 0.142. The van der Waals surface area contributed by atoms with E-state index in [4.69, 9.17) is 4.42 Å². The minimum absolute atomic E-state index is 0.859. The second kappa shape index (κ2) is 15.8. The van der Waals surface area contributed by atoms with Gasteiger partial charge in [0.05, 0.1) is 16.8 Å². The van der Waals surface area contributed by atoms with E-state index in [1.54, 1.807) is 0 Å². The second-order valence-electron chi connectivity index (χ2n) is 16.4. The standard InChI is InChI=1S/C62H41NO/c1-4-15-42(16-5-1)44-27-29-47(30-28-44)54-39-40-58(61-55-24-12-13-26-59(55)64-62(54)61)63(57-25-14-22-49-32-31-46-21-10-11-23-53(46)60(49)57)51-36-33-48(34-37-51)56-41-50(43-17-6-2-7-18-43)35-38-52(56)45-19-8-3-9-20-45/h1-41H. The Labute approximate surface area is 372 Å². The van der Waals surface area contributed by atoms with E-state index in [-0.39, 0.29) is 0 Å². The lowest BCUT2D eigenvalue weighted by molar-refractivity contribution is 0.670. The Kier molecular flexibility index (Phi) is 9.20. The summed E-state index contributed by atoms with van der Waals surface area (Å²) in [6.45, 7) is 0. The Morgan fingerprint density at radius 3 is 1.53 bits per heavy atom. The van der Waals surface area contributed by atoms with Crippen LogP contribution < -0.4 is 4.90 Å². The van der Waals surface area contributed by atoms with Crippen LogP contribution in [0.5, 0.6) is 0 Å². The number of rotatable bonds is 8. The predicted octanol–water partition coefficient (Wildman–Crippen LogP) is 17.7. The normalized spacial score (nSPS) is 11.4. The molecule has 64 heavy (non-hydrogen) atoms. The molecule has 300 valence electrons. The summed E-state index contributed by atoms with van der Waals surface area (Å²) < 4.78 is 6.93. The van der Waals surface area contributed by atoms with Crippen molar-refractivity contribution in [1.29, 1.82) is 0 Å². The maximum atomic E-state index is 6.93. The van der Waals surface area contributed by atoms with Gasteiger partial charge in [-0.2, -0.15) is 0 Å². The minimum atomic E-state index is 0.859. The fraction of sp³-hybridized carbons (Fsp3) is 0. The highest BCUT2D eigenvalue weighted by atomic mass is 16.3. The van der Waals surface area contributed by atoms with Crippen molar-refractivity contribution in [2.45, 2.75) is 0 Å². The molecule has 11 aromatic carbocycles. The number of hydrogen-bond donors (Lipinski definition) is 0. The molecular formula is C62H41NO. The number of nitrogens with zero attached hydrogens (tertiary/aromatic N) is 1. The highest BCUT2D eigenvalue weighted by molar-refractivity contribution is 6.20. The molecule has 0 amide bonds. The molecule has 0 bridgehead atoms. The molecule has 12 aromatic rings. The Morgan fingerprint density at radius 1 is 0.281 bits per heavy atom. The van der Waals surface area contributed by atoms with Gasteiger partial charge in [0.1, 0.15) is 11.2 Å². The molecule has 0 atom stereocenters. The number of furan rings is 1. The van der Waals surface area contributed by atoms with Crippen molar-refractivity contribution in [3.05, 3.63) is 249 Å². The first-order valence-electron chi connectivity index (χ1n) is 21.9. The summed E-state index contributed by atoms with van der Waals surface area (Å²) in [6, 6.07) is 89.6. The van der Waals surface area contributed by atoms with Crippen LogP contribution in [0.4, 0.5) is 17.1 Å². The van der Waals surface area contributed by atoms with E-state index < -0.39 is 0 Å². The Balaban J connectivity index is 1.08. The Morgan fingerprint density at radius 2 is 0.781 bits per heavy atom. The smallest absolute Gasteiger partial charge is 0.145 e. The number of anilines is 3. The number of fused-ring (bicyclic) bond motifs is 6. The molecule has 0 radical (unpaired) electrons. The van der Waals surface area contributed by atoms with Gasteiger partial charge in [-0.15, -0.1) is 0 Å². The average Bonchev–Trinajstić information content (AvgIpc) is 3.77. The molecule has 0 saturated carbocycles. The molecule has 0 aliphatic carbocycles. The van der Waals surface area contributed by atoms with Crippen LogP contribution in [-0.4, -0.2) is 0 Å². The lowest BCUT2D eigenvalue weighted by Crippen LogP contribution is -2.11. The van der Waals surface area contributed by atoms with Gasteiger partial charge in [0, 0.05) is 22.0 Å². The SMILES string of the molecule is c1ccc(-c2ccc(-c3ccc(N(c4ccc(-c5cc(-c6ccccc6)ccc5-c5ccccc5)cc4)c4cccc5ccc6ccccc6c45)c4c3oc3ccccc34)cc2)cc1. The molecule has 1 heterocycles. The third-order valence-electron chi connectivity index (χ3n) is 12.7. The summed E-state index contributed by atoms with van der Waals surface area (Å²) in [5.41, 5.74) is 16.6. The van der Waals surface area contributed by atoms with Crippen molar-refractivity contribution in [2.24, 2.45) is 0 Å². The number of hydrogen-bond acceptors (Lipinski definition) is 2. The van der Waals surface area contributed by atoms with E-state index in [1.165, 1.54) is 60.5 Å². The fourth-order valence-electron chi connectivity index (χ4n) is 9.58. The van der Waals surface area contributed by atoms with Crippen molar-refractivity contribution < 1.29 is 4.42 Å². The molecule has 0 spiro atoms. The van der Waals surface area contributed by atoms with Crippen molar-refractivity contribution in [3.8, 4) is 55.6 Å². The van der Waals surface area contributed by atoms with Crippen LogP contribution >= 0.6 is 0 Å². The maximum absolute atomic E-state index is 6.93. The Hall–Kier alpha value is -8.46. The lowest BCUT2D eigenvalue weighted by Gasteiger charge is -2.28. The second-order valence-corrected chi connectivity index (χ2v) is 16.4. The van der Waals surface area contributed by atoms with Gasteiger partial charge in [0.15, 0.2) is 0 Å². The van der Waals surface area contributed by atoms with E-state index in [0.29, 0.717) is 0 Å². The van der Waals surface area contributed by atoms with Crippen LogP contribution in [0.25, 0.3) is 99.1 Å². The molecule has 1 aromatic heterocycles. The van der Waals surface area contributed by atoms with Gasteiger partial charge in [0.25, 0.3) is 0 Å². The van der Waals surface area contributed by atoms with Crippen LogP contribution in [0, 0.1) is 0 Å². The van der Waals surface area contributed by atoms with E-state index in [9.17, 15) is 0 Å². The van der Waals surface area contributed by atoms with Gasteiger partial charge in [-0.05, 0) is 109 Å². The lowest BCUT2D eigenvalue weighted by atomic mass is 9.91. The number of para-hydroxylation sites is 1. The van der Waals surface area contributed by atoms with Crippen LogP contribution in [0.1, 0.15) is 0 Å². The molecule has 0 unspecified atom stereocenters. The summed E-state index contributed by atoms with van der Waals surface area (Å²) in [5.74, 6) is 0. The van der Waals surface area contributed by atoms with Gasteiger partial charge >= 0.3 is 0 Å². The zero-order valence-electron chi connectivity index (χ0n) is 35.0. The van der Waals surface area contributed by atoms with Crippen LogP contribution in [0.2, 0.25) is 0 Å². The molecule has 12 rings (SSSR count). The minimum Gasteiger partial charge on any atom is -0.455 e.